The lowest BCUT2D eigenvalue weighted by Gasteiger charge is -2.12. The number of hydrazone groups is 1. The summed E-state index contributed by atoms with van der Waals surface area (Å²) in [6.45, 7) is 4.41. The van der Waals surface area contributed by atoms with Crippen molar-refractivity contribution in [3.05, 3.63) is 70.2 Å². The van der Waals surface area contributed by atoms with Crippen molar-refractivity contribution >= 4 is 22.7 Å². The maximum absolute atomic E-state index is 5.95. The predicted octanol–water partition coefficient (Wildman–Crippen LogP) is 4.79. The number of hydrogen-bond acceptors (Lipinski definition) is 6. The Morgan fingerprint density at radius 2 is 2.00 bits per heavy atom. The molecule has 0 aliphatic carbocycles. The van der Waals surface area contributed by atoms with Gasteiger partial charge in [0.15, 0.2) is 0 Å². The second-order valence-corrected chi connectivity index (χ2v) is 6.65. The number of aryl methyl sites for hydroxylation is 2. The minimum absolute atomic E-state index is 0.425. The molecule has 0 spiro atoms. The standard InChI is InChI=1S/C20H21N3O2S/c1-14-6-4-5-7-18(14)25-12-17-10-16(8-9-19(17)24-3)11-21-23-20-22-15(2)13-26-20/h4-11,13H,12H2,1-3H3,(H,22,23). The highest BCUT2D eigenvalue weighted by Crippen LogP contribution is 2.23. The second-order valence-electron chi connectivity index (χ2n) is 5.79. The SMILES string of the molecule is COc1ccc(C=NNc2nc(C)cs2)cc1COc1ccccc1C. The van der Waals surface area contributed by atoms with Crippen molar-refractivity contribution in [2.75, 3.05) is 12.5 Å². The summed E-state index contributed by atoms with van der Waals surface area (Å²) in [7, 11) is 1.66. The van der Waals surface area contributed by atoms with E-state index in [-0.39, 0.29) is 0 Å². The van der Waals surface area contributed by atoms with Crippen LogP contribution in [0.4, 0.5) is 5.13 Å². The van der Waals surface area contributed by atoms with Gasteiger partial charge in [-0.3, -0.25) is 5.43 Å². The minimum atomic E-state index is 0.425. The molecule has 0 saturated carbocycles. The predicted molar refractivity (Wildman–Crippen MR) is 107 cm³/mol. The van der Waals surface area contributed by atoms with Gasteiger partial charge in [0.2, 0.25) is 5.13 Å². The summed E-state index contributed by atoms with van der Waals surface area (Å²) in [5.41, 5.74) is 6.94. The van der Waals surface area contributed by atoms with Gasteiger partial charge in [-0.1, -0.05) is 18.2 Å². The Balaban J connectivity index is 1.70. The molecule has 3 rings (SSSR count). The average molecular weight is 367 g/mol. The Kier molecular flexibility index (Phi) is 5.86. The van der Waals surface area contributed by atoms with E-state index < -0.39 is 0 Å². The van der Waals surface area contributed by atoms with Crippen LogP contribution < -0.4 is 14.9 Å². The van der Waals surface area contributed by atoms with Crippen LogP contribution in [-0.2, 0) is 6.61 Å². The number of rotatable bonds is 7. The van der Waals surface area contributed by atoms with Crippen LogP contribution in [0.2, 0.25) is 0 Å². The Morgan fingerprint density at radius 1 is 1.15 bits per heavy atom. The monoisotopic (exact) mass is 367 g/mol. The summed E-state index contributed by atoms with van der Waals surface area (Å²) in [5, 5.41) is 7.00. The third-order valence-electron chi connectivity index (χ3n) is 3.77. The topological polar surface area (TPSA) is 55.7 Å². The lowest BCUT2D eigenvalue weighted by atomic mass is 10.1. The normalized spacial score (nSPS) is 10.9. The highest BCUT2D eigenvalue weighted by molar-refractivity contribution is 7.13. The molecule has 0 fully saturated rings. The van der Waals surface area contributed by atoms with Gasteiger partial charge in [-0.05, 0) is 49.2 Å². The molecule has 0 radical (unpaired) electrons. The number of nitrogens with one attached hydrogen (secondary N) is 1. The van der Waals surface area contributed by atoms with E-state index in [1.54, 1.807) is 13.3 Å². The lowest BCUT2D eigenvalue weighted by molar-refractivity contribution is 0.295. The second kappa shape index (κ2) is 8.49. The van der Waals surface area contributed by atoms with Gasteiger partial charge in [0.1, 0.15) is 18.1 Å². The molecule has 6 heteroatoms. The quantitative estimate of drug-likeness (QED) is 0.482. The van der Waals surface area contributed by atoms with Gasteiger partial charge in [0.05, 0.1) is 19.0 Å². The number of methoxy groups -OCH3 is 1. The maximum Gasteiger partial charge on any atom is 0.203 e. The zero-order chi connectivity index (χ0) is 18.4. The van der Waals surface area contributed by atoms with Gasteiger partial charge in [0, 0.05) is 10.9 Å². The molecule has 1 aromatic heterocycles. The van der Waals surface area contributed by atoms with Gasteiger partial charge in [-0.25, -0.2) is 4.98 Å². The summed E-state index contributed by atoms with van der Waals surface area (Å²) in [5.74, 6) is 1.66. The van der Waals surface area contributed by atoms with E-state index >= 15 is 0 Å². The van der Waals surface area contributed by atoms with E-state index in [1.165, 1.54) is 11.3 Å². The van der Waals surface area contributed by atoms with Crippen molar-refractivity contribution in [1.29, 1.82) is 0 Å². The van der Waals surface area contributed by atoms with E-state index in [1.807, 2.05) is 61.7 Å². The number of para-hydroxylation sites is 1. The minimum Gasteiger partial charge on any atom is -0.496 e. The summed E-state index contributed by atoms with van der Waals surface area (Å²) in [4.78, 5) is 4.31. The first-order valence-corrected chi connectivity index (χ1v) is 9.10. The van der Waals surface area contributed by atoms with E-state index in [0.29, 0.717) is 6.61 Å². The number of ether oxygens (including phenoxy) is 2. The first-order valence-electron chi connectivity index (χ1n) is 8.22. The number of thiazole rings is 1. The lowest BCUT2D eigenvalue weighted by Crippen LogP contribution is -2.01. The molecule has 0 bridgehead atoms. The molecule has 3 aromatic rings. The van der Waals surface area contributed by atoms with Crippen LogP contribution in [0.5, 0.6) is 11.5 Å². The van der Waals surface area contributed by atoms with Gasteiger partial charge < -0.3 is 9.47 Å². The first kappa shape index (κ1) is 17.9. The van der Waals surface area contributed by atoms with Crippen molar-refractivity contribution in [3.63, 3.8) is 0 Å². The van der Waals surface area contributed by atoms with Gasteiger partial charge >= 0.3 is 0 Å². The molecule has 0 saturated heterocycles. The Bertz CT molecular complexity index is 906. The molecule has 0 atom stereocenters. The van der Waals surface area contributed by atoms with Crippen molar-refractivity contribution in [1.82, 2.24) is 4.98 Å². The highest BCUT2D eigenvalue weighted by atomic mass is 32.1. The zero-order valence-corrected chi connectivity index (χ0v) is 15.8. The molecular formula is C20H21N3O2S. The first-order chi connectivity index (χ1) is 12.7. The largest absolute Gasteiger partial charge is 0.496 e. The van der Waals surface area contributed by atoms with Gasteiger partial charge in [-0.2, -0.15) is 5.10 Å². The Morgan fingerprint density at radius 3 is 2.73 bits per heavy atom. The molecule has 26 heavy (non-hydrogen) atoms. The van der Waals surface area contributed by atoms with Crippen molar-refractivity contribution in [3.8, 4) is 11.5 Å². The van der Waals surface area contributed by atoms with Crippen molar-refractivity contribution < 1.29 is 9.47 Å². The molecule has 0 aliphatic heterocycles. The van der Waals surface area contributed by atoms with E-state index in [2.05, 4.69) is 15.5 Å². The zero-order valence-electron chi connectivity index (χ0n) is 15.0. The van der Waals surface area contributed by atoms with Gasteiger partial charge in [0.25, 0.3) is 0 Å². The van der Waals surface area contributed by atoms with E-state index in [4.69, 9.17) is 9.47 Å². The highest BCUT2D eigenvalue weighted by Gasteiger charge is 2.06. The van der Waals surface area contributed by atoms with E-state index in [9.17, 15) is 0 Å². The summed E-state index contributed by atoms with van der Waals surface area (Å²) < 4.78 is 11.4. The number of benzene rings is 2. The third-order valence-corrected chi connectivity index (χ3v) is 4.64. The fraction of sp³-hybridized carbons (Fsp3) is 0.200. The summed E-state index contributed by atoms with van der Waals surface area (Å²) >= 11 is 1.53. The van der Waals surface area contributed by atoms with Crippen molar-refractivity contribution in [2.24, 2.45) is 5.10 Å². The fourth-order valence-corrected chi connectivity index (χ4v) is 3.07. The summed E-state index contributed by atoms with van der Waals surface area (Å²) in [6, 6.07) is 13.8. The molecule has 2 aromatic carbocycles. The molecule has 0 aliphatic rings. The smallest absolute Gasteiger partial charge is 0.203 e. The molecule has 1 N–H and O–H groups in total. The summed E-state index contributed by atoms with van der Waals surface area (Å²) in [6.07, 6.45) is 1.76. The van der Waals surface area contributed by atoms with Crippen LogP contribution >= 0.6 is 11.3 Å². The van der Waals surface area contributed by atoms with Gasteiger partial charge in [-0.15, -0.1) is 11.3 Å². The fourth-order valence-electron chi connectivity index (χ4n) is 2.43. The maximum atomic E-state index is 5.95. The van der Waals surface area contributed by atoms with E-state index in [0.717, 1.165) is 39.0 Å². The van der Waals surface area contributed by atoms with Crippen molar-refractivity contribution in [2.45, 2.75) is 20.5 Å². The van der Waals surface area contributed by atoms with Crippen LogP contribution in [0.3, 0.4) is 0 Å². The average Bonchev–Trinajstić information content (AvgIpc) is 3.06. The molecular weight excluding hydrogens is 346 g/mol. The molecule has 134 valence electrons. The molecule has 5 nitrogen and oxygen atoms in total. The van der Waals surface area contributed by atoms with Crippen LogP contribution in [0, 0.1) is 13.8 Å². The Hall–Kier alpha value is -2.86. The molecule has 1 heterocycles. The van der Waals surface area contributed by atoms with Crippen LogP contribution in [0.1, 0.15) is 22.4 Å². The molecule has 0 unspecified atom stereocenters. The Labute approximate surface area is 157 Å². The number of aromatic nitrogens is 1. The number of anilines is 1. The van der Waals surface area contributed by atoms with Crippen LogP contribution in [-0.4, -0.2) is 18.3 Å². The third kappa shape index (κ3) is 4.61. The number of hydrogen-bond donors (Lipinski definition) is 1. The van der Waals surface area contributed by atoms with Crippen LogP contribution in [0.25, 0.3) is 0 Å². The number of nitrogens with zero attached hydrogens (tertiary/aromatic N) is 2. The van der Waals surface area contributed by atoms with Crippen LogP contribution in [0.15, 0.2) is 52.9 Å². The molecule has 0 amide bonds.